The van der Waals surface area contributed by atoms with Gasteiger partial charge < -0.3 is 10.0 Å². The second-order valence-electron chi connectivity index (χ2n) is 6.51. The van der Waals surface area contributed by atoms with Crippen LogP contribution in [0.3, 0.4) is 0 Å². The van der Waals surface area contributed by atoms with Crippen LogP contribution in [-0.4, -0.2) is 23.7 Å². The van der Waals surface area contributed by atoms with Crippen molar-refractivity contribution in [1.82, 2.24) is 0 Å². The molecule has 3 nitrogen and oxygen atoms in total. The van der Waals surface area contributed by atoms with E-state index in [1.165, 1.54) is 30.5 Å². The first-order valence-corrected chi connectivity index (χ1v) is 7.69. The Labute approximate surface area is 120 Å². The van der Waals surface area contributed by atoms with E-state index in [1.54, 1.807) is 6.07 Å². The molecular weight excluding hydrogens is 250 g/mol. The van der Waals surface area contributed by atoms with Gasteiger partial charge in [-0.2, -0.15) is 0 Å². The molecule has 1 aliphatic carbocycles. The lowest BCUT2D eigenvalue weighted by Crippen LogP contribution is -2.39. The first-order valence-electron chi connectivity index (χ1n) is 7.69. The molecule has 1 aromatic carbocycles. The zero-order valence-electron chi connectivity index (χ0n) is 12.3. The molecule has 1 aliphatic heterocycles. The number of carboxylic acid groups (broad SMARTS) is 1. The Bertz CT molecular complexity index is 526. The monoisotopic (exact) mass is 273 g/mol. The van der Waals surface area contributed by atoms with Crippen molar-refractivity contribution >= 4 is 11.7 Å². The summed E-state index contributed by atoms with van der Waals surface area (Å²) in [6, 6.07) is 6.24. The lowest BCUT2D eigenvalue weighted by Gasteiger charge is -2.38. The van der Waals surface area contributed by atoms with Crippen molar-refractivity contribution < 1.29 is 9.90 Å². The van der Waals surface area contributed by atoms with Gasteiger partial charge in [0.1, 0.15) is 0 Å². The van der Waals surface area contributed by atoms with Gasteiger partial charge in [-0.3, -0.25) is 0 Å². The van der Waals surface area contributed by atoms with Crippen molar-refractivity contribution in [3.8, 4) is 0 Å². The van der Waals surface area contributed by atoms with E-state index in [4.69, 9.17) is 5.11 Å². The molecule has 0 radical (unpaired) electrons. The normalized spacial score (nSPS) is 29.3. The maximum absolute atomic E-state index is 11.0. The third-order valence-electron chi connectivity index (χ3n) is 5.27. The van der Waals surface area contributed by atoms with Gasteiger partial charge in [0.2, 0.25) is 0 Å². The molecule has 1 fully saturated rings. The minimum Gasteiger partial charge on any atom is -0.478 e. The number of anilines is 1. The predicted octanol–water partition coefficient (Wildman–Crippen LogP) is 3.57. The molecule has 2 aliphatic rings. The van der Waals surface area contributed by atoms with E-state index in [0.29, 0.717) is 11.6 Å². The van der Waals surface area contributed by atoms with E-state index in [0.717, 1.165) is 24.8 Å². The van der Waals surface area contributed by atoms with Gasteiger partial charge in [-0.25, -0.2) is 4.79 Å². The molecule has 0 amide bonds. The van der Waals surface area contributed by atoms with Crippen molar-refractivity contribution in [2.24, 2.45) is 11.8 Å². The molecule has 1 aromatic rings. The highest BCUT2D eigenvalue weighted by molar-refractivity contribution is 5.88. The Morgan fingerprint density at radius 3 is 2.75 bits per heavy atom. The van der Waals surface area contributed by atoms with Gasteiger partial charge >= 0.3 is 5.97 Å². The van der Waals surface area contributed by atoms with Crippen LogP contribution >= 0.6 is 0 Å². The average molecular weight is 273 g/mol. The minimum atomic E-state index is -0.827. The van der Waals surface area contributed by atoms with Crippen LogP contribution in [-0.2, 0) is 6.42 Å². The molecule has 0 saturated heterocycles. The summed E-state index contributed by atoms with van der Waals surface area (Å²) in [5.74, 6) is 0.796. The molecule has 3 rings (SSSR count). The maximum atomic E-state index is 11.0. The number of rotatable bonds is 2. The van der Waals surface area contributed by atoms with E-state index in [1.807, 2.05) is 12.1 Å². The summed E-state index contributed by atoms with van der Waals surface area (Å²) in [6.07, 6.45) is 4.83. The van der Waals surface area contributed by atoms with Crippen LogP contribution in [0.4, 0.5) is 5.69 Å². The standard InChI is InChI=1S/C17H23NO2/c1-11-3-5-15(9-12(11)2)18-8-7-13-10-14(17(19)20)4-6-16(13)18/h4,6,10-12,15H,3,5,7-9H2,1-2H3,(H,19,20). The van der Waals surface area contributed by atoms with Crippen molar-refractivity contribution in [2.45, 2.75) is 45.6 Å². The number of hydrogen-bond donors (Lipinski definition) is 1. The van der Waals surface area contributed by atoms with Crippen LogP contribution in [0.5, 0.6) is 0 Å². The maximum Gasteiger partial charge on any atom is 0.335 e. The van der Waals surface area contributed by atoms with Crippen LogP contribution < -0.4 is 4.90 Å². The summed E-state index contributed by atoms with van der Waals surface area (Å²) in [6.45, 7) is 5.77. The summed E-state index contributed by atoms with van der Waals surface area (Å²) in [4.78, 5) is 13.6. The fraction of sp³-hybridized carbons (Fsp3) is 0.588. The quantitative estimate of drug-likeness (QED) is 0.895. The van der Waals surface area contributed by atoms with Crippen molar-refractivity contribution in [1.29, 1.82) is 0 Å². The highest BCUT2D eigenvalue weighted by Crippen LogP contribution is 2.38. The second kappa shape index (κ2) is 5.12. The molecule has 1 heterocycles. The average Bonchev–Trinajstić information content (AvgIpc) is 2.84. The number of carbonyl (C=O) groups is 1. The summed E-state index contributed by atoms with van der Waals surface area (Å²) in [7, 11) is 0. The highest BCUT2D eigenvalue weighted by Gasteiger charge is 2.32. The number of benzene rings is 1. The van der Waals surface area contributed by atoms with Gasteiger partial charge in [0, 0.05) is 18.3 Å². The molecule has 0 aromatic heterocycles. The molecule has 1 N–H and O–H groups in total. The van der Waals surface area contributed by atoms with E-state index >= 15 is 0 Å². The first-order chi connectivity index (χ1) is 9.56. The Morgan fingerprint density at radius 1 is 1.25 bits per heavy atom. The van der Waals surface area contributed by atoms with Crippen LogP contribution in [0.1, 0.15) is 49.0 Å². The third kappa shape index (κ3) is 2.30. The van der Waals surface area contributed by atoms with Gasteiger partial charge in [0.05, 0.1) is 5.56 Å². The molecule has 3 atom stereocenters. The Morgan fingerprint density at radius 2 is 2.05 bits per heavy atom. The highest BCUT2D eigenvalue weighted by atomic mass is 16.4. The van der Waals surface area contributed by atoms with E-state index in [-0.39, 0.29) is 0 Å². The summed E-state index contributed by atoms with van der Waals surface area (Å²) >= 11 is 0. The number of carboxylic acids is 1. The van der Waals surface area contributed by atoms with Crippen LogP contribution in [0.15, 0.2) is 18.2 Å². The molecule has 20 heavy (non-hydrogen) atoms. The zero-order valence-corrected chi connectivity index (χ0v) is 12.3. The lowest BCUT2D eigenvalue weighted by molar-refractivity contribution is 0.0697. The summed E-state index contributed by atoms with van der Waals surface area (Å²) in [5, 5.41) is 9.08. The van der Waals surface area contributed by atoms with Gasteiger partial charge in [0.25, 0.3) is 0 Å². The topological polar surface area (TPSA) is 40.5 Å². The molecule has 1 saturated carbocycles. The van der Waals surface area contributed by atoms with E-state index in [2.05, 4.69) is 18.7 Å². The Kier molecular flexibility index (Phi) is 3.45. The largest absolute Gasteiger partial charge is 0.478 e. The van der Waals surface area contributed by atoms with Gasteiger partial charge in [-0.15, -0.1) is 0 Å². The number of nitrogens with zero attached hydrogens (tertiary/aromatic N) is 1. The molecule has 3 unspecified atom stereocenters. The summed E-state index contributed by atoms with van der Waals surface area (Å²) < 4.78 is 0. The van der Waals surface area contributed by atoms with Crippen molar-refractivity contribution in [3.63, 3.8) is 0 Å². The lowest BCUT2D eigenvalue weighted by atomic mass is 9.78. The molecule has 0 bridgehead atoms. The number of fused-ring (bicyclic) bond motifs is 1. The van der Waals surface area contributed by atoms with Crippen LogP contribution in [0, 0.1) is 11.8 Å². The summed E-state index contributed by atoms with van der Waals surface area (Å²) in [5.41, 5.74) is 2.88. The van der Waals surface area contributed by atoms with E-state index < -0.39 is 5.97 Å². The predicted molar refractivity (Wildman–Crippen MR) is 80.4 cm³/mol. The van der Waals surface area contributed by atoms with Gasteiger partial charge in [-0.05, 0) is 61.3 Å². The second-order valence-corrected chi connectivity index (χ2v) is 6.51. The molecule has 0 spiro atoms. The first kappa shape index (κ1) is 13.5. The minimum absolute atomic E-state index is 0.413. The zero-order chi connectivity index (χ0) is 14.3. The van der Waals surface area contributed by atoms with Crippen molar-refractivity contribution in [3.05, 3.63) is 29.3 Å². The fourth-order valence-electron chi connectivity index (χ4n) is 3.74. The van der Waals surface area contributed by atoms with Crippen LogP contribution in [0.25, 0.3) is 0 Å². The molecule has 108 valence electrons. The number of hydrogen-bond acceptors (Lipinski definition) is 2. The Balaban J connectivity index is 1.81. The van der Waals surface area contributed by atoms with Gasteiger partial charge in [-0.1, -0.05) is 13.8 Å². The van der Waals surface area contributed by atoms with Gasteiger partial charge in [0.15, 0.2) is 0 Å². The SMILES string of the molecule is CC1CCC(N2CCc3cc(C(=O)O)ccc32)CC1C. The van der Waals surface area contributed by atoms with Crippen molar-refractivity contribution in [2.75, 3.05) is 11.4 Å². The molecule has 3 heteroatoms. The third-order valence-corrected chi connectivity index (χ3v) is 5.27. The van der Waals surface area contributed by atoms with Crippen LogP contribution in [0.2, 0.25) is 0 Å². The smallest absolute Gasteiger partial charge is 0.335 e. The van der Waals surface area contributed by atoms with E-state index in [9.17, 15) is 4.79 Å². The fourth-order valence-corrected chi connectivity index (χ4v) is 3.74. The molecular formula is C17H23NO2. The Hall–Kier alpha value is -1.51. The number of aromatic carboxylic acids is 1.